The van der Waals surface area contributed by atoms with Gasteiger partial charge in [-0.15, -0.1) is 0 Å². The van der Waals surface area contributed by atoms with Crippen molar-refractivity contribution in [3.05, 3.63) is 119 Å². The predicted molar refractivity (Wildman–Crippen MR) is 354 cm³/mol. The van der Waals surface area contributed by atoms with Crippen molar-refractivity contribution in [3.8, 4) is 68.1 Å². The van der Waals surface area contributed by atoms with Crippen LogP contribution in [0.1, 0.15) is 70.7 Å². The Balaban J connectivity index is 0.855. The minimum Gasteiger partial charge on any atom is -0.361 e. The molecule has 0 aromatic carbocycles. The first-order chi connectivity index (χ1) is 43.4. The number of fused-ring (bicyclic) bond motifs is 4. The Labute approximate surface area is 531 Å². The van der Waals surface area contributed by atoms with Crippen LogP contribution in [0.5, 0.6) is 0 Å². The second-order valence-electron chi connectivity index (χ2n) is 28.2. The number of amides is 2. The molecule has 0 radical (unpaired) electrons. The lowest BCUT2D eigenvalue weighted by Crippen LogP contribution is -2.55. The largest absolute Gasteiger partial charge is 0.361 e. The van der Waals surface area contributed by atoms with E-state index >= 15 is 4.79 Å². The summed E-state index contributed by atoms with van der Waals surface area (Å²) < 4.78 is 22.3. The van der Waals surface area contributed by atoms with Crippen molar-refractivity contribution in [2.24, 2.45) is 0 Å². The van der Waals surface area contributed by atoms with E-state index in [0.29, 0.717) is 26.3 Å². The smallest absolute Gasteiger partial charge is 0.323 e. The summed E-state index contributed by atoms with van der Waals surface area (Å²) in [4.78, 5) is 62.1. The number of ether oxygens (including phenoxy) is 2. The van der Waals surface area contributed by atoms with Gasteiger partial charge in [0.15, 0.2) is 11.6 Å². The van der Waals surface area contributed by atoms with E-state index in [1.54, 1.807) is 0 Å². The number of hydrogen-bond acceptors (Lipinski definition) is 15. The fourth-order valence-corrected chi connectivity index (χ4v) is 15.6. The van der Waals surface area contributed by atoms with Gasteiger partial charge in [-0.05, 0) is 125 Å². The van der Waals surface area contributed by atoms with Gasteiger partial charge in [0.05, 0.1) is 35.9 Å². The lowest BCUT2D eigenvalue weighted by Gasteiger charge is -2.43. The first kappa shape index (κ1) is 60.5. The number of hydrogen-bond donors (Lipinski definition) is 0. The van der Waals surface area contributed by atoms with E-state index in [2.05, 4.69) is 150 Å². The zero-order valence-corrected chi connectivity index (χ0v) is 56.4. The number of pyridine rings is 4. The number of imidazole rings is 2. The minimum atomic E-state index is -1.44. The monoisotopic (exact) mass is 1250 g/mol. The van der Waals surface area contributed by atoms with Crippen molar-refractivity contribution in [1.82, 2.24) is 88.0 Å². The Morgan fingerprint density at radius 3 is 1.34 bits per heavy atom. The van der Waals surface area contributed by atoms with Crippen molar-refractivity contribution in [2.75, 3.05) is 79.7 Å². The fraction of sp³-hybridized carbons (Fsp3) is 0.507. The molecule has 2 amide bonds. The summed E-state index contributed by atoms with van der Waals surface area (Å²) in [5.41, 5.74) is 17.3. The van der Waals surface area contributed by atoms with Crippen LogP contribution < -0.4 is 0 Å². The van der Waals surface area contributed by atoms with Crippen molar-refractivity contribution < 1.29 is 14.3 Å². The number of carbonyl (C=O) groups is 1. The minimum absolute atomic E-state index is 0.0423. The second-order valence-corrected chi connectivity index (χ2v) is 39.5. The van der Waals surface area contributed by atoms with Gasteiger partial charge in [-0.1, -0.05) is 51.4 Å². The van der Waals surface area contributed by atoms with Crippen LogP contribution in [0.4, 0.5) is 4.79 Å². The van der Waals surface area contributed by atoms with Gasteiger partial charge in [0.1, 0.15) is 60.0 Å². The van der Waals surface area contributed by atoms with Gasteiger partial charge in [0, 0.05) is 141 Å². The van der Waals surface area contributed by atoms with Gasteiger partial charge < -0.3 is 28.4 Å². The third-order valence-corrected chi connectivity index (χ3v) is 22.5. The molecule has 14 heterocycles. The topological polar surface area (TPSA) is 178 Å². The Kier molecular flexibility index (Phi) is 16.5. The predicted octanol–water partition coefficient (Wildman–Crippen LogP) is 10.1. The van der Waals surface area contributed by atoms with Crippen LogP contribution in [-0.2, 0) is 62.0 Å². The van der Waals surface area contributed by atoms with Crippen LogP contribution in [0.15, 0.2) is 73.1 Å². The molecule has 2 atom stereocenters. The molecule has 0 spiro atoms. The van der Waals surface area contributed by atoms with Gasteiger partial charge in [-0.25, -0.2) is 14.8 Å². The van der Waals surface area contributed by atoms with E-state index in [4.69, 9.17) is 49.6 Å². The molecule has 6 aliphatic rings. The summed E-state index contributed by atoms with van der Waals surface area (Å²) in [5.74, 6) is 1.48. The summed E-state index contributed by atoms with van der Waals surface area (Å²) in [6.07, 6.45) is 6.91. The van der Waals surface area contributed by atoms with Gasteiger partial charge in [0.2, 0.25) is 0 Å². The van der Waals surface area contributed by atoms with Crippen molar-refractivity contribution in [2.45, 2.75) is 143 Å². The summed E-state index contributed by atoms with van der Waals surface area (Å²) in [6, 6.07) is 22.9. The first-order valence-electron chi connectivity index (χ1n) is 32.7. The van der Waals surface area contributed by atoms with E-state index in [-0.39, 0.29) is 19.5 Å². The van der Waals surface area contributed by atoms with E-state index in [1.165, 1.54) is 11.4 Å². The highest BCUT2D eigenvalue weighted by Gasteiger charge is 2.50. The molecular formula is C67H88N18O3Si2. The Bertz CT molecular complexity index is 3720. The zero-order chi connectivity index (χ0) is 62.2. The number of urea groups is 1. The van der Waals surface area contributed by atoms with Gasteiger partial charge >= 0.3 is 6.03 Å². The highest BCUT2D eigenvalue weighted by Crippen LogP contribution is 2.46. The molecule has 6 aliphatic heterocycles. The van der Waals surface area contributed by atoms with Crippen LogP contribution in [0.25, 0.3) is 68.1 Å². The van der Waals surface area contributed by atoms with Gasteiger partial charge in [-0.2, -0.15) is 10.2 Å². The highest BCUT2D eigenvalue weighted by atomic mass is 28.3. The summed E-state index contributed by atoms with van der Waals surface area (Å²) in [7, 11) is 1.49. The highest BCUT2D eigenvalue weighted by molar-refractivity contribution is 6.76. The molecule has 2 fully saturated rings. The average Bonchev–Trinajstić information content (AvgIpc) is 1.58. The van der Waals surface area contributed by atoms with Crippen LogP contribution >= 0.6 is 0 Å². The fourth-order valence-electron chi connectivity index (χ4n) is 14.1. The second kappa shape index (κ2) is 24.5. The number of rotatable bonds is 18. The maximum Gasteiger partial charge on any atom is 0.323 e. The standard InChI is InChI=1S/C67H88N18O3Si2/c1-45-15-11-17-49(70-45)59-57(53-19-13-25-84(53)74-59)47-21-23-68-51(39-47)63-72-61-55(82(63)43-87-35-37-89(5,6)7)41-80(65(61)78-31-27-76(3)28-32-78)67(86)81-42-56-62(66(81)79-33-29-77(4)30-34-79)73-64(83(56)44-88-36-38-90(8,9)10)52-40-48(22-24-69-52)58-54-20-14-26-85(54)75-60(58)50-18-12-16-46(2)71-50/h11-12,15-18,21-24,39-40,65-66H,13-14,19-20,25-38,41-44H2,1-10H3. The normalized spacial score (nSPS) is 19.1. The lowest BCUT2D eigenvalue weighted by atomic mass is 10.00. The Hall–Kier alpha value is -7.10. The van der Waals surface area contributed by atoms with Crippen molar-refractivity contribution in [3.63, 3.8) is 0 Å². The summed E-state index contributed by atoms with van der Waals surface area (Å²) in [5, 5.41) is 10.4. The van der Waals surface area contributed by atoms with Crippen molar-refractivity contribution in [1.29, 1.82) is 0 Å². The third-order valence-electron chi connectivity index (χ3n) is 19.1. The summed E-state index contributed by atoms with van der Waals surface area (Å²) >= 11 is 0. The molecule has 8 aromatic rings. The molecule has 90 heavy (non-hydrogen) atoms. The van der Waals surface area contributed by atoms with Crippen LogP contribution in [-0.4, -0.2) is 190 Å². The molecule has 2 unspecified atom stereocenters. The maximum absolute atomic E-state index is 16.6. The molecule has 23 heteroatoms. The molecule has 0 aliphatic carbocycles. The maximum atomic E-state index is 16.6. The molecule has 0 bridgehead atoms. The number of carbonyl (C=O) groups excluding carboxylic acids is 1. The Morgan fingerprint density at radius 1 is 0.522 bits per heavy atom. The molecule has 2 saturated heterocycles. The number of likely N-dealkylation sites (N-methyl/N-ethyl adjacent to an activating group) is 2. The average molecular weight is 1250 g/mol. The van der Waals surface area contributed by atoms with Crippen LogP contribution in [0.3, 0.4) is 0 Å². The van der Waals surface area contributed by atoms with Crippen LogP contribution in [0.2, 0.25) is 51.4 Å². The number of nitrogens with zero attached hydrogens (tertiary/aromatic N) is 18. The van der Waals surface area contributed by atoms with Crippen LogP contribution in [0, 0.1) is 13.8 Å². The molecule has 0 N–H and O–H groups in total. The van der Waals surface area contributed by atoms with E-state index in [9.17, 15) is 0 Å². The zero-order valence-electron chi connectivity index (χ0n) is 54.4. The molecule has 14 rings (SSSR count). The summed E-state index contributed by atoms with van der Waals surface area (Å²) in [6.45, 7) is 29.2. The molecule has 472 valence electrons. The van der Waals surface area contributed by atoms with Gasteiger partial charge in [0.25, 0.3) is 0 Å². The number of aromatic nitrogens is 12. The van der Waals surface area contributed by atoms with E-state index < -0.39 is 28.5 Å². The quantitative estimate of drug-likeness (QED) is 0.0585. The first-order valence-corrected chi connectivity index (χ1v) is 40.1. The van der Waals surface area contributed by atoms with E-state index in [0.717, 1.165) is 205 Å². The third kappa shape index (κ3) is 11.8. The molecule has 0 saturated carbocycles. The van der Waals surface area contributed by atoms with Gasteiger partial charge in [-0.3, -0.25) is 48.9 Å². The lowest BCUT2D eigenvalue weighted by molar-refractivity contribution is -0.00393. The number of aryl methyl sites for hydroxylation is 4. The van der Waals surface area contributed by atoms with Crippen molar-refractivity contribution >= 4 is 22.2 Å². The molecule has 21 nitrogen and oxygen atoms in total. The number of piperazine rings is 2. The Morgan fingerprint density at radius 2 is 0.944 bits per heavy atom. The molecular weight excluding hydrogens is 1160 g/mol. The SMILES string of the molecule is Cc1cccc(-c2nn3c(c2-c2ccnc(-c4nc5c(n4COCC[Si](C)(C)C)CN(C(=O)N4Cc6c(nc(-c7cc(-c8c(-c9cccc(C)n9)nn9c8CCC9)ccn7)n6COCC[Si](C)(C)C)C4N4CCN(C)CC4)C5N4CCN(C)CC4)c2)CCC3)n1. The molecule has 8 aromatic heterocycles. The van der Waals surface area contributed by atoms with E-state index in [1.807, 2.05) is 38.4 Å².